The minimum absolute atomic E-state index is 0.0481. The number of nitrogens with zero attached hydrogens (tertiary/aromatic N) is 3. The van der Waals surface area contributed by atoms with Gasteiger partial charge >= 0.3 is 12.1 Å². The van der Waals surface area contributed by atoms with E-state index in [1.807, 2.05) is 0 Å². The molecule has 0 atom stereocenters. The van der Waals surface area contributed by atoms with Crippen molar-refractivity contribution in [2.45, 2.75) is 32.5 Å². The second-order valence-electron chi connectivity index (χ2n) is 3.66. The number of halogens is 3. The van der Waals surface area contributed by atoms with Gasteiger partial charge in [0.2, 0.25) is 5.69 Å². The number of aryl methyl sites for hydroxylation is 1. The van der Waals surface area contributed by atoms with Gasteiger partial charge in [0.15, 0.2) is 5.69 Å². The Hall–Kier alpha value is -1.64. The summed E-state index contributed by atoms with van der Waals surface area (Å²) in [5, 5.41) is 15.2. The number of hydrogen-bond acceptors (Lipinski definition) is 5. The predicted octanol–water partition coefficient (Wildman–Crippen LogP) is 1.25. The molecule has 0 spiro atoms. The van der Waals surface area contributed by atoms with Crippen molar-refractivity contribution in [1.82, 2.24) is 15.0 Å². The summed E-state index contributed by atoms with van der Waals surface area (Å²) in [7, 11) is 0. The lowest BCUT2D eigenvalue weighted by atomic mass is 10.3. The third-order valence-electron chi connectivity index (χ3n) is 2.25. The van der Waals surface area contributed by atoms with Crippen molar-refractivity contribution in [3.05, 3.63) is 11.4 Å². The molecule has 0 amide bonds. The van der Waals surface area contributed by atoms with Gasteiger partial charge in [0, 0.05) is 13.2 Å². The zero-order valence-electron chi connectivity index (χ0n) is 10.3. The summed E-state index contributed by atoms with van der Waals surface area (Å²) >= 11 is 0. The lowest BCUT2D eigenvalue weighted by Crippen LogP contribution is -2.19. The number of esters is 1. The smallest absolute Gasteiger partial charge is 0.435 e. The summed E-state index contributed by atoms with van der Waals surface area (Å²) in [5.74, 6) is -1.15. The summed E-state index contributed by atoms with van der Waals surface area (Å²) in [6, 6.07) is 0. The van der Waals surface area contributed by atoms with E-state index in [0.717, 1.165) is 0 Å². The second-order valence-corrected chi connectivity index (χ2v) is 3.66. The van der Waals surface area contributed by atoms with Crippen LogP contribution in [-0.4, -0.2) is 39.3 Å². The molecule has 0 aliphatic heterocycles. The summed E-state index contributed by atoms with van der Waals surface area (Å²) in [6.45, 7) is 1.23. The minimum Gasteiger partial charge on any atom is -0.461 e. The number of ether oxygens (including phenoxy) is 1. The molecule has 1 heterocycles. The van der Waals surface area contributed by atoms with Gasteiger partial charge in [-0.2, -0.15) is 13.2 Å². The maximum absolute atomic E-state index is 12.9. The Kier molecular flexibility index (Phi) is 5.28. The monoisotopic (exact) mass is 281 g/mol. The molecule has 1 aromatic rings. The summed E-state index contributed by atoms with van der Waals surface area (Å²) in [6.07, 6.45) is -4.11. The lowest BCUT2D eigenvalue weighted by Gasteiger charge is -2.10. The number of aromatic nitrogens is 3. The number of carbonyl (C=O) groups is 1. The average Bonchev–Trinajstić information content (AvgIpc) is 2.73. The average molecular weight is 281 g/mol. The fourth-order valence-electron chi connectivity index (χ4n) is 1.46. The standard InChI is InChI=1S/C10H14F3N3O3/c1-2-19-9(18)7-8(10(11,12)13)16(15-14-7)5-3-4-6-17/h17H,2-6H2,1H3. The second kappa shape index (κ2) is 6.50. The third kappa shape index (κ3) is 3.91. The first-order chi connectivity index (χ1) is 8.91. The minimum atomic E-state index is -4.75. The highest BCUT2D eigenvalue weighted by molar-refractivity contribution is 5.88. The molecule has 0 radical (unpaired) electrons. The number of aliphatic hydroxyl groups excluding tert-OH is 1. The zero-order chi connectivity index (χ0) is 14.5. The van der Waals surface area contributed by atoms with Crippen LogP contribution in [0.15, 0.2) is 0 Å². The molecule has 19 heavy (non-hydrogen) atoms. The van der Waals surface area contributed by atoms with Crippen LogP contribution in [-0.2, 0) is 17.5 Å². The van der Waals surface area contributed by atoms with Crippen LogP contribution >= 0.6 is 0 Å². The first-order valence-electron chi connectivity index (χ1n) is 5.70. The van der Waals surface area contributed by atoms with Crippen LogP contribution < -0.4 is 0 Å². The van der Waals surface area contributed by atoms with Crippen molar-refractivity contribution in [2.24, 2.45) is 0 Å². The van der Waals surface area contributed by atoms with E-state index < -0.39 is 23.5 Å². The number of carbonyl (C=O) groups excluding carboxylic acids is 1. The number of unbranched alkanes of at least 4 members (excludes halogenated alkanes) is 1. The van der Waals surface area contributed by atoms with Crippen LogP contribution in [0.2, 0.25) is 0 Å². The zero-order valence-corrected chi connectivity index (χ0v) is 10.3. The summed E-state index contributed by atoms with van der Waals surface area (Å²) in [4.78, 5) is 11.4. The van der Waals surface area contributed by atoms with E-state index in [9.17, 15) is 18.0 Å². The highest BCUT2D eigenvalue weighted by Crippen LogP contribution is 2.31. The fraction of sp³-hybridized carbons (Fsp3) is 0.700. The molecule has 0 aliphatic rings. The van der Waals surface area contributed by atoms with Crippen molar-refractivity contribution in [1.29, 1.82) is 0 Å². The van der Waals surface area contributed by atoms with Crippen molar-refractivity contribution >= 4 is 5.97 Å². The largest absolute Gasteiger partial charge is 0.461 e. The molecule has 9 heteroatoms. The number of alkyl halides is 3. The van der Waals surface area contributed by atoms with E-state index in [1.165, 1.54) is 6.92 Å². The Morgan fingerprint density at radius 2 is 2.11 bits per heavy atom. The summed E-state index contributed by atoms with van der Waals surface area (Å²) < 4.78 is 43.8. The van der Waals surface area contributed by atoms with E-state index in [-0.39, 0.29) is 19.8 Å². The van der Waals surface area contributed by atoms with Gasteiger partial charge in [-0.3, -0.25) is 0 Å². The van der Waals surface area contributed by atoms with Crippen molar-refractivity contribution in [3.8, 4) is 0 Å². The van der Waals surface area contributed by atoms with E-state index in [1.54, 1.807) is 0 Å². The van der Waals surface area contributed by atoms with Gasteiger partial charge in [0.25, 0.3) is 0 Å². The topological polar surface area (TPSA) is 77.2 Å². The van der Waals surface area contributed by atoms with Gasteiger partial charge in [0.05, 0.1) is 6.61 Å². The Bertz CT molecular complexity index is 431. The predicted molar refractivity (Wildman–Crippen MR) is 57.3 cm³/mol. The van der Waals surface area contributed by atoms with Crippen molar-refractivity contribution < 1.29 is 27.8 Å². The van der Waals surface area contributed by atoms with Gasteiger partial charge in [-0.05, 0) is 19.8 Å². The Balaban J connectivity index is 3.02. The number of aliphatic hydroxyl groups is 1. The molecular weight excluding hydrogens is 267 g/mol. The first-order valence-corrected chi connectivity index (χ1v) is 5.70. The van der Waals surface area contributed by atoms with Gasteiger partial charge in [-0.1, -0.05) is 5.21 Å². The van der Waals surface area contributed by atoms with Crippen LogP contribution in [0.1, 0.15) is 35.9 Å². The van der Waals surface area contributed by atoms with Crippen molar-refractivity contribution in [2.75, 3.05) is 13.2 Å². The van der Waals surface area contributed by atoms with Crippen LogP contribution in [0, 0.1) is 0 Å². The lowest BCUT2D eigenvalue weighted by molar-refractivity contribution is -0.144. The van der Waals surface area contributed by atoms with E-state index in [0.29, 0.717) is 17.5 Å². The molecule has 0 saturated carbocycles. The molecule has 0 fully saturated rings. The summed E-state index contributed by atoms with van der Waals surface area (Å²) in [5.41, 5.74) is -2.05. The highest BCUT2D eigenvalue weighted by atomic mass is 19.4. The molecule has 0 aliphatic carbocycles. The van der Waals surface area contributed by atoms with Crippen LogP contribution in [0.5, 0.6) is 0 Å². The van der Waals surface area contributed by atoms with Crippen LogP contribution in [0.25, 0.3) is 0 Å². The molecule has 6 nitrogen and oxygen atoms in total. The molecule has 1 rings (SSSR count). The molecule has 0 bridgehead atoms. The van der Waals surface area contributed by atoms with Crippen LogP contribution in [0.4, 0.5) is 13.2 Å². The quantitative estimate of drug-likeness (QED) is 0.627. The van der Waals surface area contributed by atoms with E-state index in [4.69, 9.17) is 5.11 Å². The maximum atomic E-state index is 12.9. The van der Waals surface area contributed by atoms with E-state index in [2.05, 4.69) is 15.0 Å². The van der Waals surface area contributed by atoms with Crippen LogP contribution in [0.3, 0.4) is 0 Å². The van der Waals surface area contributed by atoms with Crippen molar-refractivity contribution in [3.63, 3.8) is 0 Å². The normalized spacial score (nSPS) is 11.6. The molecule has 0 saturated heterocycles. The third-order valence-corrected chi connectivity index (χ3v) is 2.25. The maximum Gasteiger partial charge on any atom is 0.435 e. The Morgan fingerprint density at radius 3 is 2.63 bits per heavy atom. The molecule has 1 aromatic heterocycles. The Labute approximate surface area is 107 Å². The molecule has 108 valence electrons. The van der Waals surface area contributed by atoms with E-state index >= 15 is 0 Å². The fourth-order valence-corrected chi connectivity index (χ4v) is 1.46. The van der Waals surface area contributed by atoms with Gasteiger partial charge in [-0.25, -0.2) is 9.48 Å². The molecular formula is C10H14F3N3O3. The first kappa shape index (κ1) is 15.4. The molecule has 0 unspecified atom stereocenters. The SMILES string of the molecule is CCOC(=O)c1nnn(CCCCO)c1C(F)(F)F. The highest BCUT2D eigenvalue weighted by Gasteiger charge is 2.41. The van der Waals surface area contributed by atoms with Gasteiger partial charge in [-0.15, -0.1) is 5.10 Å². The van der Waals surface area contributed by atoms with Gasteiger partial charge < -0.3 is 9.84 Å². The molecule has 1 N–H and O–H groups in total. The Morgan fingerprint density at radius 1 is 1.42 bits per heavy atom. The van der Waals surface area contributed by atoms with Gasteiger partial charge in [0.1, 0.15) is 0 Å². The molecule has 0 aromatic carbocycles. The number of hydrogen-bond donors (Lipinski definition) is 1. The number of rotatable bonds is 6.